The van der Waals surface area contributed by atoms with Gasteiger partial charge in [-0.3, -0.25) is 4.79 Å². The van der Waals surface area contributed by atoms with Crippen molar-refractivity contribution in [2.24, 2.45) is 0 Å². The predicted molar refractivity (Wildman–Crippen MR) is 93.2 cm³/mol. The Hall–Kier alpha value is -1.61. The Morgan fingerprint density at radius 1 is 1.14 bits per heavy atom. The van der Waals surface area contributed by atoms with Crippen molar-refractivity contribution in [3.63, 3.8) is 0 Å². The van der Waals surface area contributed by atoms with Crippen LogP contribution in [0.25, 0.3) is 0 Å². The third kappa shape index (κ3) is 3.98. The lowest BCUT2D eigenvalue weighted by Gasteiger charge is -2.08. The van der Waals surface area contributed by atoms with Crippen LogP contribution >= 0.6 is 22.6 Å². The minimum absolute atomic E-state index is 0.212. The van der Waals surface area contributed by atoms with Crippen LogP contribution in [0.2, 0.25) is 0 Å². The van der Waals surface area contributed by atoms with Gasteiger partial charge in [0.2, 0.25) is 0 Å². The highest BCUT2D eigenvalue weighted by Gasteiger charge is 2.10. The Labute approximate surface area is 142 Å². The van der Waals surface area contributed by atoms with Crippen LogP contribution in [0.5, 0.6) is 5.75 Å². The molecule has 2 rings (SSSR count). The number of sulfone groups is 1. The van der Waals surface area contributed by atoms with Crippen molar-refractivity contribution in [3.05, 3.63) is 51.6 Å². The maximum absolute atomic E-state index is 12.2. The van der Waals surface area contributed by atoms with Gasteiger partial charge in [0.05, 0.1) is 15.6 Å². The third-order valence-corrected chi connectivity index (χ3v) is 4.93. The quantitative estimate of drug-likeness (QED) is 0.756. The molecule has 0 heterocycles. The highest BCUT2D eigenvalue weighted by molar-refractivity contribution is 14.1. The van der Waals surface area contributed by atoms with E-state index in [-0.39, 0.29) is 10.8 Å². The van der Waals surface area contributed by atoms with Gasteiger partial charge >= 0.3 is 0 Å². The molecular weight excluding hydrogens is 417 g/mol. The highest BCUT2D eigenvalue weighted by atomic mass is 127. The zero-order chi connectivity index (χ0) is 16.3. The molecule has 0 fully saturated rings. The maximum atomic E-state index is 12.2. The summed E-state index contributed by atoms with van der Waals surface area (Å²) in [6, 6.07) is 11.2. The van der Waals surface area contributed by atoms with Crippen LogP contribution in [0.15, 0.2) is 47.4 Å². The van der Waals surface area contributed by atoms with E-state index in [0.717, 1.165) is 9.83 Å². The van der Waals surface area contributed by atoms with Gasteiger partial charge in [-0.1, -0.05) is 0 Å². The van der Waals surface area contributed by atoms with Gasteiger partial charge in [0.15, 0.2) is 9.84 Å². The van der Waals surface area contributed by atoms with Crippen molar-refractivity contribution < 1.29 is 17.9 Å². The first-order chi connectivity index (χ1) is 10.3. The van der Waals surface area contributed by atoms with Gasteiger partial charge in [0.25, 0.3) is 5.91 Å². The number of nitrogens with one attached hydrogen (secondary N) is 1. The SMILES string of the molecule is COc1ccc(C(=O)Nc2ccc(S(C)(=O)=O)cc2)cc1I. The topological polar surface area (TPSA) is 72.5 Å². The number of anilines is 1. The van der Waals surface area contributed by atoms with E-state index in [1.807, 2.05) is 0 Å². The molecule has 7 heteroatoms. The zero-order valence-electron chi connectivity index (χ0n) is 12.0. The van der Waals surface area contributed by atoms with E-state index in [9.17, 15) is 13.2 Å². The molecule has 116 valence electrons. The van der Waals surface area contributed by atoms with Crippen LogP contribution < -0.4 is 10.1 Å². The molecule has 0 aliphatic heterocycles. The lowest BCUT2D eigenvalue weighted by molar-refractivity contribution is 0.102. The number of rotatable bonds is 4. The molecule has 5 nitrogen and oxygen atoms in total. The predicted octanol–water partition coefficient (Wildman–Crippen LogP) is 2.96. The van der Waals surface area contributed by atoms with E-state index in [0.29, 0.717) is 17.0 Å². The van der Waals surface area contributed by atoms with E-state index in [2.05, 4.69) is 27.9 Å². The van der Waals surface area contributed by atoms with Gasteiger partial charge < -0.3 is 10.1 Å². The fraction of sp³-hybridized carbons (Fsp3) is 0.133. The number of hydrogen-bond donors (Lipinski definition) is 1. The fourth-order valence-electron chi connectivity index (χ4n) is 1.80. The summed E-state index contributed by atoms with van der Waals surface area (Å²) >= 11 is 2.09. The van der Waals surface area contributed by atoms with Crippen LogP contribution in [-0.2, 0) is 9.84 Å². The van der Waals surface area contributed by atoms with Crippen LogP contribution in [-0.4, -0.2) is 27.7 Å². The first-order valence-corrected chi connectivity index (χ1v) is 9.23. The lowest BCUT2D eigenvalue weighted by Crippen LogP contribution is -2.12. The van der Waals surface area contributed by atoms with Crippen LogP contribution in [0.1, 0.15) is 10.4 Å². The largest absolute Gasteiger partial charge is 0.496 e. The van der Waals surface area contributed by atoms with Gasteiger partial charge in [0.1, 0.15) is 5.75 Å². The number of amides is 1. The van der Waals surface area contributed by atoms with Crippen LogP contribution in [0, 0.1) is 3.57 Å². The van der Waals surface area contributed by atoms with Gasteiger partial charge in [0, 0.05) is 17.5 Å². The molecule has 0 atom stereocenters. The molecule has 1 amide bonds. The molecule has 22 heavy (non-hydrogen) atoms. The van der Waals surface area contributed by atoms with Crippen molar-refractivity contribution >= 4 is 44.0 Å². The Morgan fingerprint density at radius 2 is 1.77 bits per heavy atom. The summed E-state index contributed by atoms with van der Waals surface area (Å²) in [6.07, 6.45) is 1.14. The summed E-state index contributed by atoms with van der Waals surface area (Å²) in [5.41, 5.74) is 1.03. The van der Waals surface area contributed by atoms with Crippen molar-refractivity contribution in [1.82, 2.24) is 0 Å². The van der Waals surface area contributed by atoms with E-state index < -0.39 is 9.84 Å². The zero-order valence-corrected chi connectivity index (χ0v) is 14.9. The molecule has 0 saturated carbocycles. The van der Waals surface area contributed by atoms with Gasteiger partial charge in [-0.25, -0.2) is 8.42 Å². The maximum Gasteiger partial charge on any atom is 0.255 e. The molecular formula is C15H14INO4S. The van der Waals surface area contributed by atoms with Gasteiger partial charge in [-0.2, -0.15) is 0 Å². The lowest BCUT2D eigenvalue weighted by atomic mass is 10.2. The summed E-state index contributed by atoms with van der Waals surface area (Å²) in [4.78, 5) is 12.4. The number of benzene rings is 2. The number of carbonyl (C=O) groups excluding carboxylic acids is 1. The Balaban J connectivity index is 2.17. The molecule has 0 bridgehead atoms. The molecule has 1 N–H and O–H groups in total. The van der Waals surface area contributed by atoms with Crippen molar-refractivity contribution in [3.8, 4) is 5.75 Å². The summed E-state index contributed by atoms with van der Waals surface area (Å²) in [6.45, 7) is 0. The number of methoxy groups -OCH3 is 1. The normalized spacial score (nSPS) is 11.0. The Morgan fingerprint density at radius 3 is 2.27 bits per heavy atom. The van der Waals surface area contributed by atoms with Crippen LogP contribution in [0.3, 0.4) is 0 Å². The van der Waals surface area contributed by atoms with E-state index in [1.54, 1.807) is 37.4 Å². The van der Waals surface area contributed by atoms with Crippen molar-refractivity contribution in [2.45, 2.75) is 4.90 Å². The summed E-state index contributed by atoms with van der Waals surface area (Å²) in [5, 5.41) is 2.72. The van der Waals surface area contributed by atoms with Crippen LogP contribution in [0.4, 0.5) is 5.69 Å². The highest BCUT2D eigenvalue weighted by Crippen LogP contribution is 2.22. The Bertz CT molecular complexity index is 801. The molecule has 0 unspecified atom stereocenters. The minimum atomic E-state index is -3.24. The van der Waals surface area contributed by atoms with Crippen molar-refractivity contribution in [2.75, 3.05) is 18.7 Å². The average Bonchev–Trinajstić information content (AvgIpc) is 2.46. The smallest absolute Gasteiger partial charge is 0.255 e. The van der Waals surface area contributed by atoms with E-state index >= 15 is 0 Å². The second-order valence-corrected chi connectivity index (χ2v) is 7.78. The fourth-order valence-corrected chi connectivity index (χ4v) is 3.16. The van der Waals surface area contributed by atoms with Gasteiger partial charge in [-0.15, -0.1) is 0 Å². The molecule has 0 spiro atoms. The number of halogens is 1. The minimum Gasteiger partial charge on any atom is -0.496 e. The average molecular weight is 431 g/mol. The first-order valence-electron chi connectivity index (χ1n) is 6.26. The van der Waals surface area contributed by atoms with E-state index in [4.69, 9.17) is 4.74 Å². The second kappa shape index (κ2) is 6.66. The summed E-state index contributed by atoms with van der Waals surface area (Å²) in [7, 11) is -1.67. The first kappa shape index (κ1) is 16.8. The van der Waals surface area contributed by atoms with Gasteiger partial charge in [-0.05, 0) is 65.1 Å². The third-order valence-electron chi connectivity index (χ3n) is 2.95. The molecule has 2 aromatic carbocycles. The molecule has 0 aromatic heterocycles. The molecule has 0 saturated heterocycles. The number of carbonyl (C=O) groups is 1. The molecule has 0 radical (unpaired) electrons. The molecule has 2 aromatic rings. The summed E-state index contributed by atoms with van der Waals surface area (Å²) in [5.74, 6) is 0.433. The van der Waals surface area contributed by atoms with Crippen molar-refractivity contribution in [1.29, 1.82) is 0 Å². The monoisotopic (exact) mass is 431 g/mol. The number of hydrogen-bond acceptors (Lipinski definition) is 4. The molecule has 0 aliphatic carbocycles. The summed E-state index contributed by atoms with van der Waals surface area (Å²) < 4.78 is 28.8. The van der Waals surface area contributed by atoms with E-state index in [1.165, 1.54) is 12.1 Å². The standard InChI is InChI=1S/C15H14INO4S/c1-21-14-8-3-10(9-13(14)16)15(18)17-11-4-6-12(7-5-11)22(2,19)20/h3-9H,1-2H3,(H,17,18). The number of ether oxygens (including phenoxy) is 1. The molecule has 0 aliphatic rings. The second-order valence-electron chi connectivity index (χ2n) is 4.60. The Kier molecular flexibility index (Phi) is 5.07.